The van der Waals surface area contributed by atoms with E-state index in [9.17, 15) is 0 Å². The van der Waals surface area contributed by atoms with E-state index in [4.69, 9.17) is 10.3 Å². The third-order valence-corrected chi connectivity index (χ3v) is 2.54. The van der Waals surface area contributed by atoms with Gasteiger partial charge in [0.25, 0.3) is 0 Å². The van der Waals surface area contributed by atoms with Crippen molar-refractivity contribution in [2.75, 3.05) is 6.54 Å². The molecular weight excluding hydrogens is 166 g/mol. The van der Waals surface area contributed by atoms with Crippen molar-refractivity contribution in [1.29, 1.82) is 0 Å². The average molecular weight is 181 g/mol. The summed E-state index contributed by atoms with van der Waals surface area (Å²) in [5, 5.41) is 3.91. The molecule has 0 radical (unpaired) electrons. The van der Waals surface area contributed by atoms with Gasteiger partial charge in [0.05, 0.1) is 0 Å². The minimum atomic E-state index is 0.541. The first-order valence-corrected chi connectivity index (χ1v) is 4.92. The summed E-state index contributed by atoms with van der Waals surface area (Å²) in [6.07, 6.45) is 5.48. The van der Waals surface area contributed by atoms with E-state index in [0.29, 0.717) is 12.5 Å². The smallest absolute Gasteiger partial charge is 0.229 e. The number of nitrogens with zero attached hydrogens (tertiary/aromatic N) is 2. The van der Waals surface area contributed by atoms with Gasteiger partial charge in [-0.15, -0.1) is 0 Å². The van der Waals surface area contributed by atoms with Gasteiger partial charge in [0.2, 0.25) is 5.89 Å². The summed E-state index contributed by atoms with van der Waals surface area (Å²) in [7, 11) is 0. The second-order valence-electron chi connectivity index (χ2n) is 3.57. The maximum absolute atomic E-state index is 5.39. The van der Waals surface area contributed by atoms with Crippen LogP contribution in [0.1, 0.15) is 43.3 Å². The number of hydrogen-bond donors (Lipinski definition) is 1. The maximum Gasteiger partial charge on any atom is 0.229 e. The molecule has 1 aromatic heterocycles. The molecule has 0 spiro atoms. The van der Waals surface area contributed by atoms with Crippen molar-refractivity contribution in [3.63, 3.8) is 0 Å². The molecule has 0 atom stereocenters. The highest BCUT2D eigenvalue weighted by Crippen LogP contribution is 2.35. The van der Waals surface area contributed by atoms with E-state index in [1.54, 1.807) is 0 Å². The normalized spacial score (nSPS) is 17.3. The average Bonchev–Trinajstić information content (AvgIpc) is 2.46. The van der Waals surface area contributed by atoms with Crippen molar-refractivity contribution in [1.82, 2.24) is 10.1 Å². The van der Waals surface area contributed by atoms with Crippen LogP contribution in [0.4, 0.5) is 0 Å². The Morgan fingerprint density at radius 2 is 2.31 bits per heavy atom. The lowest BCUT2D eigenvalue weighted by Crippen LogP contribution is -2.09. The third-order valence-electron chi connectivity index (χ3n) is 2.54. The molecule has 2 N–H and O–H groups in total. The van der Waals surface area contributed by atoms with E-state index in [1.165, 1.54) is 19.3 Å². The Labute approximate surface area is 77.5 Å². The van der Waals surface area contributed by atoms with Gasteiger partial charge in [-0.2, -0.15) is 4.98 Å². The summed E-state index contributed by atoms with van der Waals surface area (Å²) < 4.78 is 5.16. The predicted octanol–water partition coefficient (Wildman–Crippen LogP) is 1.23. The van der Waals surface area contributed by atoms with Crippen LogP contribution < -0.4 is 5.73 Å². The van der Waals surface area contributed by atoms with E-state index in [0.717, 1.165) is 24.6 Å². The molecular formula is C9H15N3O. The van der Waals surface area contributed by atoms with Crippen LogP contribution in [0.5, 0.6) is 0 Å². The fourth-order valence-electron chi connectivity index (χ4n) is 1.45. The SMILES string of the molecule is NCCCc1noc(C2CCC2)n1. The Hall–Kier alpha value is -0.900. The van der Waals surface area contributed by atoms with Gasteiger partial charge in [-0.05, 0) is 25.8 Å². The molecule has 1 fully saturated rings. The van der Waals surface area contributed by atoms with Crippen molar-refractivity contribution in [2.45, 2.75) is 38.0 Å². The molecule has 0 aliphatic heterocycles. The van der Waals surface area contributed by atoms with E-state index >= 15 is 0 Å². The molecule has 4 nitrogen and oxygen atoms in total. The van der Waals surface area contributed by atoms with Gasteiger partial charge in [0.15, 0.2) is 5.82 Å². The Kier molecular flexibility index (Phi) is 2.59. The highest BCUT2D eigenvalue weighted by atomic mass is 16.5. The van der Waals surface area contributed by atoms with Crippen LogP contribution in [0.15, 0.2) is 4.52 Å². The summed E-state index contributed by atoms with van der Waals surface area (Å²) in [5.41, 5.74) is 5.39. The molecule has 1 aliphatic rings. The van der Waals surface area contributed by atoms with Crippen LogP contribution in [0.2, 0.25) is 0 Å². The zero-order valence-corrected chi connectivity index (χ0v) is 7.70. The van der Waals surface area contributed by atoms with E-state index in [-0.39, 0.29) is 0 Å². The van der Waals surface area contributed by atoms with Crippen LogP contribution >= 0.6 is 0 Å². The van der Waals surface area contributed by atoms with Crippen molar-refractivity contribution < 1.29 is 4.52 Å². The second-order valence-corrected chi connectivity index (χ2v) is 3.57. The Morgan fingerprint density at radius 3 is 2.92 bits per heavy atom. The molecule has 0 saturated heterocycles. The van der Waals surface area contributed by atoms with E-state index in [2.05, 4.69) is 10.1 Å². The topological polar surface area (TPSA) is 64.9 Å². The Balaban J connectivity index is 1.92. The van der Waals surface area contributed by atoms with Gasteiger partial charge in [-0.25, -0.2) is 0 Å². The van der Waals surface area contributed by atoms with Crippen molar-refractivity contribution in [3.8, 4) is 0 Å². The Morgan fingerprint density at radius 1 is 1.46 bits per heavy atom. The van der Waals surface area contributed by atoms with Crippen LogP contribution in [0, 0.1) is 0 Å². The standard InChI is InChI=1S/C9H15N3O/c10-6-2-5-8-11-9(13-12-8)7-3-1-4-7/h7H,1-6,10H2. The first-order valence-electron chi connectivity index (χ1n) is 4.92. The monoisotopic (exact) mass is 181 g/mol. The molecule has 13 heavy (non-hydrogen) atoms. The van der Waals surface area contributed by atoms with Gasteiger partial charge >= 0.3 is 0 Å². The number of nitrogens with two attached hydrogens (primary N) is 1. The largest absolute Gasteiger partial charge is 0.339 e. The molecule has 0 bridgehead atoms. The highest BCUT2D eigenvalue weighted by molar-refractivity contribution is 4.98. The molecule has 1 heterocycles. The highest BCUT2D eigenvalue weighted by Gasteiger charge is 2.25. The van der Waals surface area contributed by atoms with Gasteiger partial charge in [0.1, 0.15) is 0 Å². The third kappa shape index (κ3) is 1.88. The molecule has 2 rings (SSSR count). The maximum atomic E-state index is 5.39. The molecule has 0 aromatic carbocycles. The van der Waals surface area contributed by atoms with E-state index in [1.807, 2.05) is 0 Å². The summed E-state index contributed by atoms with van der Waals surface area (Å²) >= 11 is 0. The number of rotatable bonds is 4. The summed E-state index contributed by atoms with van der Waals surface area (Å²) in [6.45, 7) is 0.688. The first-order chi connectivity index (χ1) is 6.40. The van der Waals surface area contributed by atoms with Crippen LogP contribution in [0.25, 0.3) is 0 Å². The molecule has 1 saturated carbocycles. The zero-order valence-electron chi connectivity index (χ0n) is 7.70. The molecule has 0 unspecified atom stereocenters. The van der Waals surface area contributed by atoms with Gasteiger partial charge < -0.3 is 10.3 Å². The molecule has 1 aromatic rings. The minimum absolute atomic E-state index is 0.541. The lowest BCUT2D eigenvalue weighted by atomic mass is 9.85. The van der Waals surface area contributed by atoms with E-state index < -0.39 is 0 Å². The van der Waals surface area contributed by atoms with Gasteiger partial charge in [-0.3, -0.25) is 0 Å². The van der Waals surface area contributed by atoms with Crippen molar-refractivity contribution >= 4 is 0 Å². The van der Waals surface area contributed by atoms with Crippen LogP contribution in [-0.4, -0.2) is 16.7 Å². The molecule has 72 valence electrons. The minimum Gasteiger partial charge on any atom is -0.339 e. The first kappa shape index (κ1) is 8.69. The number of aryl methyl sites for hydroxylation is 1. The summed E-state index contributed by atoms with van der Waals surface area (Å²) in [6, 6.07) is 0. The quantitative estimate of drug-likeness (QED) is 0.758. The summed E-state index contributed by atoms with van der Waals surface area (Å²) in [5.74, 6) is 2.18. The number of aromatic nitrogens is 2. The lowest BCUT2D eigenvalue weighted by Gasteiger charge is -2.20. The number of hydrogen-bond acceptors (Lipinski definition) is 4. The fraction of sp³-hybridized carbons (Fsp3) is 0.778. The summed E-state index contributed by atoms with van der Waals surface area (Å²) in [4.78, 5) is 4.34. The van der Waals surface area contributed by atoms with Crippen molar-refractivity contribution in [3.05, 3.63) is 11.7 Å². The molecule has 4 heteroatoms. The molecule has 0 amide bonds. The molecule has 1 aliphatic carbocycles. The van der Waals surface area contributed by atoms with Crippen molar-refractivity contribution in [2.24, 2.45) is 5.73 Å². The van der Waals surface area contributed by atoms with Gasteiger partial charge in [0, 0.05) is 12.3 Å². The zero-order chi connectivity index (χ0) is 9.10. The van der Waals surface area contributed by atoms with Gasteiger partial charge in [-0.1, -0.05) is 11.6 Å². The lowest BCUT2D eigenvalue weighted by molar-refractivity contribution is 0.291. The van der Waals surface area contributed by atoms with Crippen LogP contribution in [0.3, 0.4) is 0 Å². The fourth-order valence-corrected chi connectivity index (χ4v) is 1.45. The van der Waals surface area contributed by atoms with Crippen LogP contribution in [-0.2, 0) is 6.42 Å². The Bertz CT molecular complexity index is 268. The predicted molar refractivity (Wildman–Crippen MR) is 48.3 cm³/mol. The second kappa shape index (κ2) is 3.87.